The van der Waals surface area contributed by atoms with Gasteiger partial charge in [-0.3, -0.25) is 4.79 Å². The molecule has 0 unspecified atom stereocenters. The van der Waals surface area contributed by atoms with E-state index >= 15 is 0 Å². The minimum atomic E-state index is 0.156. The first kappa shape index (κ1) is 9.41. The molecule has 0 heterocycles. The summed E-state index contributed by atoms with van der Waals surface area (Å²) in [5.41, 5.74) is 1.04. The first-order chi connectivity index (χ1) is 4.57. The summed E-state index contributed by atoms with van der Waals surface area (Å²) in [7, 11) is 0. The van der Waals surface area contributed by atoms with Gasteiger partial charge in [-0.1, -0.05) is 32.9 Å². The van der Waals surface area contributed by atoms with Crippen molar-refractivity contribution >= 4 is 5.78 Å². The Bertz CT molecular complexity index is 134. The molecular formula is C9H16O. The third-order valence-electron chi connectivity index (χ3n) is 1.57. The summed E-state index contributed by atoms with van der Waals surface area (Å²) < 4.78 is 0. The van der Waals surface area contributed by atoms with Gasteiger partial charge < -0.3 is 0 Å². The second-order valence-electron chi connectivity index (χ2n) is 2.90. The van der Waals surface area contributed by atoms with Crippen molar-refractivity contribution < 1.29 is 4.79 Å². The fourth-order valence-corrected chi connectivity index (χ4v) is 0.576. The molecule has 0 aliphatic heterocycles. The molecule has 0 saturated carbocycles. The van der Waals surface area contributed by atoms with Crippen LogP contribution in [0.4, 0.5) is 0 Å². The molecule has 0 rings (SSSR count). The standard InChI is InChI=1S/C9H16O/c1-5-8(4)6-9(10)7(2)3/h7H,4-6H2,1-3H3. The fraction of sp³-hybridized carbons (Fsp3) is 0.667. The highest BCUT2D eigenvalue weighted by Crippen LogP contribution is 2.08. The van der Waals surface area contributed by atoms with Crippen molar-refractivity contribution in [2.75, 3.05) is 0 Å². The van der Waals surface area contributed by atoms with E-state index in [0.717, 1.165) is 12.0 Å². The van der Waals surface area contributed by atoms with E-state index in [9.17, 15) is 4.79 Å². The van der Waals surface area contributed by atoms with Gasteiger partial charge in [0.1, 0.15) is 5.78 Å². The lowest BCUT2D eigenvalue weighted by molar-refractivity contribution is -0.121. The van der Waals surface area contributed by atoms with E-state index in [0.29, 0.717) is 12.2 Å². The molecule has 0 fully saturated rings. The first-order valence-corrected chi connectivity index (χ1v) is 3.77. The molecule has 58 valence electrons. The second-order valence-corrected chi connectivity index (χ2v) is 2.90. The van der Waals surface area contributed by atoms with Gasteiger partial charge in [-0.05, 0) is 6.42 Å². The van der Waals surface area contributed by atoms with Gasteiger partial charge >= 0.3 is 0 Å². The van der Waals surface area contributed by atoms with Crippen LogP contribution in [0.2, 0.25) is 0 Å². The van der Waals surface area contributed by atoms with Crippen molar-refractivity contribution in [3.8, 4) is 0 Å². The molecule has 0 radical (unpaired) electrons. The average molecular weight is 140 g/mol. The SMILES string of the molecule is C=C(CC)CC(=O)C(C)C. The molecule has 0 spiro atoms. The molecular weight excluding hydrogens is 124 g/mol. The quantitative estimate of drug-likeness (QED) is 0.548. The fourth-order valence-electron chi connectivity index (χ4n) is 0.576. The summed E-state index contributed by atoms with van der Waals surface area (Å²) in [5.74, 6) is 0.454. The van der Waals surface area contributed by atoms with Gasteiger partial charge in [0.15, 0.2) is 0 Å². The summed E-state index contributed by atoms with van der Waals surface area (Å²) in [5, 5.41) is 0. The van der Waals surface area contributed by atoms with Crippen LogP contribution in [0.1, 0.15) is 33.6 Å². The number of ketones is 1. The van der Waals surface area contributed by atoms with Crippen LogP contribution in [0.15, 0.2) is 12.2 Å². The summed E-state index contributed by atoms with van der Waals surface area (Å²) >= 11 is 0. The van der Waals surface area contributed by atoms with Crippen LogP contribution in [0, 0.1) is 5.92 Å². The van der Waals surface area contributed by atoms with Crippen LogP contribution in [0.25, 0.3) is 0 Å². The highest BCUT2D eigenvalue weighted by Gasteiger charge is 2.06. The van der Waals surface area contributed by atoms with E-state index in [1.807, 2.05) is 20.8 Å². The van der Waals surface area contributed by atoms with Gasteiger partial charge in [-0.2, -0.15) is 0 Å². The molecule has 10 heavy (non-hydrogen) atoms. The summed E-state index contributed by atoms with van der Waals surface area (Å²) in [4.78, 5) is 11.1. The van der Waals surface area contributed by atoms with E-state index in [1.165, 1.54) is 0 Å². The predicted octanol–water partition coefficient (Wildman–Crippen LogP) is 2.57. The smallest absolute Gasteiger partial charge is 0.139 e. The van der Waals surface area contributed by atoms with E-state index in [4.69, 9.17) is 0 Å². The molecule has 0 N–H and O–H groups in total. The maximum Gasteiger partial charge on any atom is 0.139 e. The average Bonchev–Trinajstić information content (AvgIpc) is 1.87. The number of rotatable bonds is 4. The molecule has 1 nitrogen and oxygen atoms in total. The minimum Gasteiger partial charge on any atom is -0.299 e. The lowest BCUT2D eigenvalue weighted by Crippen LogP contribution is -2.06. The van der Waals surface area contributed by atoms with Gasteiger partial charge in [0, 0.05) is 12.3 Å². The lowest BCUT2D eigenvalue weighted by atomic mass is 10.0. The molecule has 0 amide bonds. The topological polar surface area (TPSA) is 17.1 Å². The zero-order chi connectivity index (χ0) is 8.15. The Hall–Kier alpha value is -0.590. The maximum absolute atomic E-state index is 11.1. The van der Waals surface area contributed by atoms with Crippen LogP contribution < -0.4 is 0 Å². The van der Waals surface area contributed by atoms with Crippen molar-refractivity contribution in [3.63, 3.8) is 0 Å². The molecule has 0 atom stereocenters. The Kier molecular flexibility index (Phi) is 4.01. The van der Waals surface area contributed by atoms with E-state index in [2.05, 4.69) is 6.58 Å². The van der Waals surface area contributed by atoms with Gasteiger partial charge in [-0.25, -0.2) is 0 Å². The van der Waals surface area contributed by atoms with E-state index in [-0.39, 0.29) is 5.92 Å². The Morgan fingerprint density at radius 3 is 2.30 bits per heavy atom. The Morgan fingerprint density at radius 2 is 2.00 bits per heavy atom. The number of carbonyl (C=O) groups excluding carboxylic acids is 1. The van der Waals surface area contributed by atoms with Crippen LogP contribution >= 0.6 is 0 Å². The summed E-state index contributed by atoms with van der Waals surface area (Å²) in [6.45, 7) is 9.64. The van der Waals surface area contributed by atoms with Crippen LogP contribution in [-0.4, -0.2) is 5.78 Å². The van der Waals surface area contributed by atoms with Crippen molar-refractivity contribution in [1.29, 1.82) is 0 Å². The molecule has 0 aromatic carbocycles. The van der Waals surface area contributed by atoms with Crippen molar-refractivity contribution in [2.24, 2.45) is 5.92 Å². The van der Waals surface area contributed by atoms with Crippen LogP contribution in [-0.2, 0) is 4.79 Å². The lowest BCUT2D eigenvalue weighted by Gasteiger charge is -2.03. The molecule has 0 aliphatic rings. The summed E-state index contributed by atoms with van der Waals surface area (Å²) in [6.07, 6.45) is 1.48. The number of hydrogen-bond donors (Lipinski definition) is 0. The van der Waals surface area contributed by atoms with E-state index in [1.54, 1.807) is 0 Å². The number of carbonyl (C=O) groups is 1. The molecule has 1 heteroatoms. The Balaban J connectivity index is 3.69. The Labute approximate surface area is 63.1 Å². The van der Waals surface area contributed by atoms with Crippen LogP contribution in [0.3, 0.4) is 0 Å². The van der Waals surface area contributed by atoms with Gasteiger partial charge in [0.2, 0.25) is 0 Å². The van der Waals surface area contributed by atoms with Crippen molar-refractivity contribution in [3.05, 3.63) is 12.2 Å². The highest BCUT2D eigenvalue weighted by atomic mass is 16.1. The van der Waals surface area contributed by atoms with Crippen LogP contribution in [0.5, 0.6) is 0 Å². The highest BCUT2D eigenvalue weighted by molar-refractivity contribution is 5.82. The zero-order valence-corrected chi connectivity index (χ0v) is 7.11. The normalized spacial score (nSPS) is 10.0. The molecule has 0 aromatic heterocycles. The number of Topliss-reactive ketones (excluding diaryl/α,β-unsaturated/α-hetero) is 1. The second kappa shape index (κ2) is 4.26. The zero-order valence-electron chi connectivity index (χ0n) is 7.11. The first-order valence-electron chi connectivity index (χ1n) is 3.77. The molecule has 0 bridgehead atoms. The predicted molar refractivity (Wildman–Crippen MR) is 43.9 cm³/mol. The van der Waals surface area contributed by atoms with Crippen molar-refractivity contribution in [2.45, 2.75) is 33.6 Å². The third kappa shape index (κ3) is 3.44. The third-order valence-corrected chi connectivity index (χ3v) is 1.57. The molecule has 0 aliphatic carbocycles. The van der Waals surface area contributed by atoms with Crippen molar-refractivity contribution in [1.82, 2.24) is 0 Å². The van der Waals surface area contributed by atoms with Gasteiger partial charge in [0.25, 0.3) is 0 Å². The number of hydrogen-bond acceptors (Lipinski definition) is 1. The Morgan fingerprint density at radius 1 is 1.50 bits per heavy atom. The molecule has 0 aromatic rings. The summed E-state index contributed by atoms with van der Waals surface area (Å²) in [6, 6.07) is 0. The maximum atomic E-state index is 11.1. The monoisotopic (exact) mass is 140 g/mol. The largest absolute Gasteiger partial charge is 0.299 e. The van der Waals surface area contributed by atoms with Gasteiger partial charge in [0.05, 0.1) is 0 Å². The minimum absolute atomic E-state index is 0.156. The molecule has 0 saturated heterocycles. The van der Waals surface area contributed by atoms with Gasteiger partial charge in [-0.15, -0.1) is 0 Å². The number of allylic oxidation sites excluding steroid dienone is 1. The van der Waals surface area contributed by atoms with E-state index < -0.39 is 0 Å².